The second-order valence-electron chi connectivity index (χ2n) is 4.97. The van der Waals surface area contributed by atoms with Crippen LogP contribution in [0.3, 0.4) is 0 Å². The molecule has 1 aromatic carbocycles. The normalized spacial score (nSPS) is 14.6. The molecule has 0 spiro atoms. The lowest BCUT2D eigenvalue weighted by Crippen LogP contribution is -2.35. The molecule has 0 saturated heterocycles. The Hall–Kier alpha value is -2.04. The van der Waals surface area contributed by atoms with E-state index in [1.807, 2.05) is 6.92 Å². The smallest absolute Gasteiger partial charge is 0.335 e. The second kappa shape index (κ2) is 5.73. The molecule has 1 saturated carbocycles. The van der Waals surface area contributed by atoms with Gasteiger partial charge in [0.2, 0.25) is 0 Å². The molecule has 2 rings (SSSR count). The standard InChI is InChI=1S/C14H18N2O3/c1-9-5-6-11(13(17)18)7-12(9)16-14(19)15-8-10-3-2-4-10/h5-7,10H,2-4,8H2,1H3,(H,17,18)(H2,15,16,19). The van der Waals surface area contributed by atoms with Crippen LogP contribution in [-0.2, 0) is 0 Å². The molecule has 19 heavy (non-hydrogen) atoms. The van der Waals surface area contributed by atoms with Crippen molar-refractivity contribution in [1.29, 1.82) is 0 Å². The molecule has 1 fully saturated rings. The lowest BCUT2D eigenvalue weighted by atomic mass is 9.85. The van der Waals surface area contributed by atoms with Crippen LogP contribution in [0.2, 0.25) is 0 Å². The number of carbonyl (C=O) groups is 2. The third kappa shape index (κ3) is 3.47. The highest BCUT2D eigenvalue weighted by Crippen LogP contribution is 2.25. The zero-order valence-corrected chi connectivity index (χ0v) is 10.9. The molecule has 0 unspecified atom stereocenters. The van der Waals surface area contributed by atoms with Gasteiger partial charge in [0.05, 0.1) is 5.56 Å². The highest BCUT2D eigenvalue weighted by atomic mass is 16.4. The van der Waals surface area contributed by atoms with Gasteiger partial charge in [-0.25, -0.2) is 9.59 Å². The average molecular weight is 262 g/mol. The summed E-state index contributed by atoms with van der Waals surface area (Å²) in [6.07, 6.45) is 3.59. The van der Waals surface area contributed by atoms with Crippen LogP contribution in [0.1, 0.15) is 35.2 Å². The monoisotopic (exact) mass is 262 g/mol. The van der Waals surface area contributed by atoms with Crippen molar-refractivity contribution >= 4 is 17.7 Å². The van der Waals surface area contributed by atoms with Crippen LogP contribution in [0.4, 0.5) is 10.5 Å². The Morgan fingerprint density at radius 3 is 2.68 bits per heavy atom. The minimum atomic E-state index is -1.00. The number of aromatic carboxylic acids is 1. The number of benzene rings is 1. The lowest BCUT2D eigenvalue weighted by molar-refractivity contribution is 0.0697. The van der Waals surface area contributed by atoms with E-state index in [1.54, 1.807) is 6.07 Å². The van der Waals surface area contributed by atoms with Crippen molar-refractivity contribution in [3.63, 3.8) is 0 Å². The van der Waals surface area contributed by atoms with E-state index in [0.29, 0.717) is 18.2 Å². The van der Waals surface area contributed by atoms with E-state index < -0.39 is 5.97 Å². The Morgan fingerprint density at radius 1 is 1.37 bits per heavy atom. The largest absolute Gasteiger partial charge is 0.478 e. The van der Waals surface area contributed by atoms with Gasteiger partial charge in [-0.05, 0) is 43.4 Å². The Morgan fingerprint density at radius 2 is 2.11 bits per heavy atom. The number of urea groups is 1. The molecular formula is C14H18N2O3. The Bertz CT molecular complexity index is 495. The zero-order chi connectivity index (χ0) is 13.8. The summed E-state index contributed by atoms with van der Waals surface area (Å²) in [7, 11) is 0. The molecule has 0 radical (unpaired) electrons. The SMILES string of the molecule is Cc1ccc(C(=O)O)cc1NC(=O)NCC1CCC1. The average Bonchev–Trinajstić information content (AvgIpc) is 2.29. The van der Waals surface area contributed by atoms with E-state index in [9.17, 15) is 9.59 Å². The fourth-order valence-electron chi connectivity index (χ4n) is 1.99. The number of aryl methyl sites for hydroxylation is 1. The first-order chi connectivity index (χ1) is 9.06. The Kier molecular flexibility index (Phi) is 4.04. The van der Waals surface area contributed by atoms with E-state index in [0.717, 1.165) is 5.56 Å². The first-order valence-corrected chi connectivity index (χ1v) is 6.45. The van der Waals surface area contributed by atoms with Gasteiger partial charge in [0.1, 0.15) is 0 Å². The molecule has 0 aromatic heterocycles. The maximum absolute atomic E-state index is 11.7. The molecule has 1 aromatic rings. The van der Waals surface area contributed by atoms with Crippen LogP contribution in [0.25, 0.3) is 0 Å². The summed E-state index contributed by atoms with van der Waals surface area (Å²) in [4.78, 5) is 22.6. The third-order valence-corrected chi connectivity index (χ3v) is 3.51. The van der Waals surface area contributed by atoms with Gasteiger partial charge in [-0.3, -0.25) is 0 Å². The number of carboxylic acids is 1. The van der Waals surface area contributed by atoms with Gasteiger partial charge in [0.25, 0.3) is 0 Å². The summed E-state index contributed by atoms with van der Waals surface area (Å²) in [5.41, 5.74) is 1.54. The number of hydrogen-bond acceptors (Lipinski definition) is 2. The van der Waals surface area contributed by atoms with Crippen LogP contribution in [0, 0.1) is 12.8 Å². The van der Waals surface area contributed by atoms with Gasteiger partial charge < -0.3 is 15.7 Å². The van der Waals surface area contributed by atoms with Gasteiger partial charge in [-0.15, -0.1) is 0 Å². The second-order valence-corrected chi connectivity index (χ2v) is 4.97. The summed E-state index contributed by atoms with van der Waals surface area (Å²) >= 11 is 0. The Balaban J connectivity index is 1.94. The fourth-order valence-corrected chi connectivity index (χ4v) is 1.99. The van der Waals surface area contributed by atoms with Crippen molar-refractivity contribution in [2.45, 2.75) is 26.2 Å². The summed E-state index contributed by atoms with van der Waals surface area (Å²) in [6.45, 7) is 2.51. The third-order valence-electron chi connectivity index (χ3n) is 3.51. The van der Waals surface area contributed by atoms with Crippen LogP contribution in [0.15, 0.2) is 18.2 Å². The van der Waals surface area contributed by atoms with Crippen molar-refractivity contribution in [3.05, 3.63) is 29.3 Å². The number of carbonyl (C=O) groups excluding carboxylic acids is 1. The number of carboxylic acid groups (broad SMARTS) is 1. The van der Waals surface area contributed by atoms with Crippen LogP contribution >= 0.6 is 0 Å². The van der Waals surface area contributed by atoms with Crippen molar-refractivity contribution < 1.29 is 14.7 Å². The molecular weight excluding hydrogens is 244 g/mol. The summed E-state index contributed by atoms with van der Waals surface area (Å²) in [5, 5.41) is 14.4. The number of anilines is 1. The predicted molar refractivity (Wildman–Crippen MR) is 72.5 cm³/mol. The van der Waals surface area contributed by atoms with E-state index in [1.165, 1.54) is 31.4 Å². The quantitative estimate of drug-likeness (QED) is 0.780. The molecule has 1 aliphatic carbocycles. The van der Waals surface area contributed by atoms with Crippen molar-refractivity contribution in [2.75, 3.05) is 11.9 Å². The van der Waals surface area contributed by atoms with Crippen LogP contribution in [-0.4, -0.2) is 23.7 Å². The maximum Gasteiger partial charge on any atom is 0.335 e. The number of nitrogens with one attached hydrogen (secondary N) is 2. The highest BCUT2D eigenvalue weighted by molar-refractivity contribution is 5.93. The first-order valence-electron chi connectivity index (χ1n) is 6.45. The molecule has 102 valence electrons. The van der Waals surface area contributed by atoms with Gasteiger partial charge in [-0.2, -0.15) is 0 Å². The maximum atomic E-state index is 11.7. The van der Waals surface area contributed by atoms with E-state index >= 15 is 0 Å². The molecule has 0 atom stereocenters. The number of amides is 2. The predicted octanol–water partition coefficient (Wildman–Crippen LogP) is 2.61. The number of rotatable bonds is 4. The molecule has 0 bridgehead atoms. The molecule has 0 aliphatic heterocycles. The molecule has 1 aliphatic rings. The highest BCUT2D eigenvalue weighted by Gasteiger charge is 2.18. The molecule has 0 heterocycles. The van der Waals surface area contributed by atoms with E-state index in [4.69, 9.17) is 5.11 Å². The van der Waals surface area contributed by atoms with Crippen molar-refractivity contribution in [2.24, 2.45) is 5.92 Å². The van der Waals surface area contributed by atoms with Gasteiger partial charge in [-0.1, -0.05) is 12.5 Å². The first kappa shape index (κ1) is 13.4. The topological polar surface area (TPSA) is 78.4 Å². The fraction of sp³-hybridized carbons (Fsp3) is 0.429. The van der Waals surface area contributed by atoms with E-state index in [2.05, 4.69) is 10.6 Å². The van der Waals surface area contributed by atoms with Crippen LogP contribution < -0.4 is 10.6 Å². The summed E-state index contributed by atoms with van der Waals surface area (Å²) in [5.74, 6) is -0.407. The Labute approximate surface area is 112 Å². The molecule has 5 heteroatoms. The number of hydrogen-bond donors (Lipinski definition) is 3. The summed E-state index contributed by atoms with van der Waals surface area (Å²) in [6, 6.07) is 4.40. The minimum absolute atomic E-state index is 0.167. The van der Waals surface area contributed by atoms with Crippen LogP contribution in [0.5, 0.6) is 0 Å². The van der Waals surface area contributed by atoms with E-state index in [-0.39, 0.29) is 11.6 Å². The zero-order valence-electron chi connectivity index (χ0n) is 10.9. The molecule has 5 nitrogen and oxygen atoms in total. The minimum Gasteiger partial charge on any atom is -0.478 e. The van der Waals surface area contributed by atoms with Gasteiger partial charge in [0.15, 0.2) is 0 Å². The molecule has 3 N–H and O–H groups in total. The van der Waals surface area contributed by atoms with Crippen molar-refractivity contribution in [1.82, 2.24) is 5.32 Å². The summed E-state index contributed by atoms with van der Waals surface area (Å²) < 4.78 is 0. The molecule has 2 amide bonds. The van der Waals surface area contributed by atoms with Gasteiger partial charge >= 0.3 is 12.0 Å². The van der Waals surface area contributed by atoms with Crippen molar-refractivity contribution in [3.8, 4) is 0 Å². The van der Waals surface area contributed by atoms with Gasteiger partial charge in [0, 0.05) is 12.2 Å². The lowest BCUT2D eigenvalue weighted by Gasteiger charge is -2.25.